The number of nitrogens with one attached hydrogen (secondary N) is 1. The van der Waals surface area contributed by atoms with E-state index in [9.17, 15) is 22.4 Å². The number of halogens is 4. The van der Waals surface area contributed by atoms with Gasteiger partial charge in [0, 0.05) is 18.1 Å². The summed E-state index contributed by atoms with van der Waals surface area (Å²) in [5.41, 5.74) is -0.330. The van der Waals surface area contributed by atoms with Crippen molar-refractivity contribution in [1.82, 2.24) is 25.6 Å². The topological polar surface area (TPSA) is 107 Å². The second kappa shape index (κ2) is 8.13. The van der Waals surface area contributed by atoms with Crippen molar-refractivity contribution in [3.05, 3.63) is 59.2 Å². The van der Waals surface area contributed by atoms with Crippen molar-refractivity contribution >= 4 is 17.0 Å². The van der Waals surface area contributed by atoms with Gasteiger partial charge in [-0.1, -0.05) is 17.3 Å². The van der Waals surface area contributed by atoms with Crippen LogP contribution in [0.3, 0.4) is 0 Å². The number of rotatable bonds is 6. The van der Waals surface area contributed by atoms with E-state index in [-0.39, 0.29) is 46.9 Å². The minimum Gasteiger partial charge on any atom is -0.462 e. The minimum atomic E-state index is -4.48. The summed E-state index contributed by atoms with van der Waals surface area (Å²) in [4.78, 5) is 16.3. The summed E-state index contributed by atoms with van der Waals surface area (Å²) in [6, 6.07) is 6.71. The number of aromatic nitrogens is 5. The number of hydrogen-bond acceptors (Lipinski definition) is 7. The highest BCUT2D eigenvalue weighted by molar-refractivity contribution is 6.01. The van der Waals surface area contributed by atoms with E-state index in [1.165, 1.54) is 12.1 Å². The van der Waals surface area contributed by atoms with E-state index in [1.54, 1.807) is 0 Å². The minimum absolute atomic E-state index is 0.0197. The lowest BCUT2D eigenvalue weighted by atomic mass is 10.1. The van der Waals surface area contributed by atoms with Gasteiger partial charge in [-0.3, -0.25) is 0 Å². The van der Waals surface area contributed by atoms with Crippen molar-refractivity contribution in [3.8, 4) is 11.4 Å². The van der Waals surface area contributed by atoms with Gasteiger partial charge in [-0.15, -0.1) is 0 Å². The zero-order chi connectivity index (χ0) is 22.0. The molecule has 0 amide bonds. The first-order valence-corrected chi connectivity index (χ1v) is 8.98. The summed E-state index contributed by atoms with van der Waals surface area (Å²) in [6.45, 7) is -0.0318. The molecule has 0 aliphatic heterocycles. The first kappa shape index (κ1) is 20.4. The van der Waals surface area contributed by atoms with Gasteiger partial charge in [0.2, 0.25) is 11.7 Å². The molecular weight excluding hydrogens is 422 g/mol. The number of aryl methyl sites for hydroxylation is 1. The van der Waals surface area contributed by atoms with E-state index >= 15 is 0 Å². The summed E-state index contributed by atoms with van der Waals surface area (Å²) in [6.07, 6.45) is -3.96. The van der Waals surface area contributed by atoms with Crippen LogP contribution in [0.1, 0.15) is 28.2 Å². The molecule has 160 valence electrons. The van der Waals surface area contributed by atoms with Crippen molar-refractivity contribution in [2.45, 2.75) is 19.0 Å². The Morgan fingerprint density at radius 2 is 2.00 bits per heavy atom. The number of fused-ring (bicyclic) bond motifs is 1. The van der Waals surface area contributed by atoms with Gasteiger partial charge in [-0.25, -0.2) is 9.18 Å². The third-order valence-electron chi connectivity index (χ3n) is 4.29. The summed E-state index contributed by atoms with van der Waals surface area (Å²) >= 11 is 0. The van der Waals surface area contributed by atoms with E-state index < -0.39 is 23.5 Å². The molecule has 8 nitrogen and oxygen atoms in total. The summed E-state index contributed by atoms with van der Waals surface area (Å²) in [7, 11) is 0. The van der Waals surface area contributed by atoms with Crippen LogP contribution >= 0.6 is 0 Å². The predicted molar refractivity (Wildman–Crippen MR) is 97.2 cm³/mol. The number of esters is 1. The van der Waals surface area contributed by atoms with Gasteiger partial charge in [0.05, 0.1) is 17.7 Å². The molecule has 2 heterocycles. The second-order valence-corrected chi connectivity index (χ2v) is 6.47. The number of alkyl halides is 3. The Morgan fingerprint density at radius 3 is 2.81 bits per heavy atom. The monoisotopic (exact) mass is 435 g/mol. The van der Waals surface area contributed by atoms with Gasteiger partial charge in [0.15, 0.2) is 0 Å². The zero-order valence-corrected chi connectivity index (χ0v) is 15.6. The highest BCUT2D eigenvalue weighted by Crippen LogP contribution is 2.31. The fourth-order valence-electron chi connectivity index (χ4n) is 2.85. The van der Waals surface area contributed by atoms with Crippen LogP contribution in [0.2, 0.25) is 0 Å². The van der Waals surface area contributed by atoms with Gasteiger partial charge in [-0.05, 0) is 24.6 Å². The molecule has 0 atom stereocenters. The number of nitrogens with zero attached hydrogens (tertiary/aromatic N) is 4. The maximum atomic E-state index is 13.6. The molecule has 0 fully saturated rings. The Bertz CT molecular complexity index is 1230. The quantitative estimate of drug-likeness (QED) is 0.278. The van der Waals surface area contributed by atoms with Crippen LogP contribution < -0.4 is 0 Å². The number of benzene rings is 2. The first-order chi connectivity index (χ1) is 14.8. The summed E-state index contributed by atoms with van der Waals surface area (Å²) in [5.74, 6) is -1.23. The van der Waals surface area contributed by atoms with E-state index in [4.69, 9.17) is 9.26 Å². The van der Waals surface area contributed by atoms with Gasteiger partial charge < -0.3 is 9.26 Å². The first-order valence-electron chi connectivity index (χ1n) is 8.98. The molecule has 0 aliphatic carbocycles. The normalized spacial score (nSPS) is 11.7. The molecule has 31 heavy (non-hydrogen) atoms. The fraction of sp³-hybridized carbons (Fsp3) is 0.211. The Kier molecular flexibility index (Phi) is 5.36. The predicted octanol–water partition coefficient (Wildman–Crippen LogP) is 3.96. The SMILES string of the molecule is O=C(OCCCc1nc(-c2cccc(C(F)(F)F)c2)no1)c1cc(F)cc2n[nH]nc12. The van der Waals surface area contributed by atoms with E-state index in [2.05, 4.69) is 25.6 Å². The maximum absolute atomic E-state index is 13.6. The number of carbonyl (C=O) groups is 1. The third kappa shape index (κ3) is 4.52. The van der Waals surface area contributed by atoms with Crippen molar-refractivity contribution in [3.63, 3.8) is 0 Å². The van der Waals surface area contributed by atoms with Crippen molar-refractivity contribution in [2.75, 3.05) is 6.61 Å². The van der Waals surface area contributed by atoms with Gasteiger partial charge in [0.25, 0.3) is 0 Å². The van der Waals surface area contributed by atoms with Crippen LogP contribution in [0.4, 0.5) is 17.6 Å². The molecule has 0 saturated heterocycles. The molecule has 0 radical (unpaired) electrons. The van der Waals surface area contributed by atoms with Crippen molar-refractivity contribution in [1.29, 1.82) is 0 Å². The fourth-order valence-corrected chi connectivity index (χ4v) is 2.85. The lowest BCUT2D eigenvalue weighted by molar-refractivity contribution is -0.137. The zero-order valence-electron chi connectivity index (χ0n) is 15.6. The van der Waals surface area contributed by atoms with Crippen LogP contribution in [0, 0.1) is 5.82 Å². The molecule has 0 spiro atoms. The van der Waals surface area contributed by atoms with Crippen LogP contribution in [0.5, 0.6) is 0 Å². The van der Waals surface area contributed by atoms with E-state index in [1.807, 2.05) is 0 Å². The molecule has 0 unspecified atom stereocenters. The molecule has 0 aliphatic rings. The lowest BCUT2D eigenvalue weighted by Gasteiger charge is -2.06. The second-order valence-electron chi connectivity index (χ2n) is 6.47. The molecule has 12 heteroatoms. The van der Waals surface area contributed by atoms with Crippen molar-refractivity contribution in [2.24, 2.45) is 0 Å². The highest BCUT2D eigenvalue weighted by atomic mass is 19.4. The summed E-state index contributed by atoms with van der Waals surface area (Å²) in [5, 5.41) is 13.5. The highest BCUT2D eigenvalue weighted by Gasteiger charge is 2.30. The standard InChI is InChI=1S/C19H13F4N5O3/c20-12-8-13(16-14(9-12)25-28-26-16)18(29)30-6-2-5-15-24-17(27-31-15)10-3-1-4-11(7-10)19(21,22)23/h1,3-4,7-9H,2,5-6H2,(H,25,26,28). The number of aromatic amines is 1. The number of H-pyrrole nitrogens is 1. The van der Waals surface area contributed by atoms with Gasteiger partial charge >= 0.3 is 12.1 Å². The molecule has 4 rings (SSSR count). The Balaban J connectivity index is 1.34. The smallest absolute Gasteiger partial charge is 0.416 e. The Labute approximate surface area is 171 Å². The molecule has 4 aromatic rings. The van der Waals surface area contributed by atoms with Gasteiger partial charge in [0.1, 0.15) is 16.9 Å². The molecule has 2 aromatic heterocycles. The van der Waals surface area contributed by atoms with Crippen LogP contribution in [0.25, 0.3) is 22.4 Å². The lowest BCUT2D eigenvalue weighted by Crippen LogP contribution is -2.08. The van der Waals surface area contributed by atoms with E-state index in [0.29, 0.717) is 6.42 Å². The average Bonchev–Trinajstić information content (AvgIpc) is 3.39. The number of hydrogen-bond donors (Lipinski definition) is 1. The number of carbonyl (C=O) groups excluding carboxylic acids is 1. The molecule has 2 aromatic carbocycles. The van der Waals surface area contributed by atoms with Crippen LogP contribution in [0.15, 0.2) is 40.9 Å². The Hall–Kier alpha value is -3.83. The average molecular weight is 435 g/mol. The Morgan fingerprint density at radius 1 is 1.16 bits per heavy atom. The van der Waals surface area contributed by atoms with Gasteiger partial charge in [-0.2, -0.15) is 33.6 Å². The molecule has 1 N–H and O–H groups in total. The van der Waals surface area contributed by atoms with Crippen LogP contribution in [-0.2, 0) is 17.3 Å². The third-order valence-corrected chi connectivity index (χ3v) is 4.29. The summed E-state index contributed by atoms with van der Waals surface area (Å²) < 4.78 is 62.3. The molecule has 0 saturated carbocycles. The molecular formula is C19H13F4N5O3. The van der Waals surface area contributed by atoms with Crippen LogP contribution in [-0.4, -0.2) is 38.1 Å². The van der Waals surface area contributed by atoms with E-state index in [0.717, 1.165) is 24.3 Å². The van der Waals surface area contributed by atoms with Crippen molar-refractivity contribution < 1.29 is 31.6 Å². The molecule has 0 bridgehead atoms. The number of ether oxygens (including phenoxy) is 1. The largest absolute Gasteiger partial charge is 0.462 e. The maximum Gasteiger partial charge on any atom is 0.416 e.